The van der Waals surface area contributed by atoms with Gasteiger partial charge in [-0.1, -0.05) is 12.1 Å². The van der Waals surface area contributed by atoms with Crippen LogP contribution in [0.5, 0.6) is 0 Å². The number of benzene rings is 1. The van der Waals surface area contributed by atoms with Gasteiger partial charge >= 0.3 is 0 Å². The lowest BCUT2D eigenvalue weighted by Crippen LogP contribution is -2.19. The van der Waals surface area contributed by atoms with Gasteiger partial charge < -0.3 is 11.1 Å². The maximum atomic E-state index is 12.0. The summed E-state index contributed by atoms with van der Waals surface area (Å²) in [5.74, 6) is -0.697. The second-order valence-corrected chi connectivity index (χ2v) is 4.77. The van der Waals surface area contributed by atoms with Crippen molar-refractivity contribution in [3.63, 3.8) is 0 Å². The monoisotopic (exact) mass is 283 g/mol. The largest absolute Gasteiger partial charge is 0.366 e. The Balaban J connectivity index is 2.03. The molecule has 21 heavy (non-hydrogen) atoms. The number of hydrogen-bond donors (Lipinski definition) is 2. The van der Waals surface area contributed by atoms with E-state index in [9.17, 15) is 9.59 Å². The summed E-state index contributed by atoms with van der Waals surface area (Å²) in [6, 6.07) is 8.98. The lowest BCUT2D eigenvalue weighted by atomic mass is 10.1. The second-order valence-electron chi connectivity index (χ2n) is 4.77. The molecule has 108 valence electrons. The van der Waals surface area contributed by atoms with E-state index in [4.69, 9.17) is 5.73 Å². The quantitative estimate of drug-likeness (QED) is 0.880. The molecular weight excluding hydrogens is 266 g/mol. The number of nitrogens with one attached hydrogen (secondary N) is 1. The van der Waals surface area contributed by atoms with Crippen molar-refractivity contribution >= 4 is 17.5 Å². The fourth-order valence-corrected chi connectivity index (χ4v) is 2.12. The average Bonchev–Trinajstić information content (AvgIpc) is 2.46. The molecule has 0 unspecified atom stereocenters. The Labute approximate surface area is 123 Å². The van der Waals surface area contributed by atoms with Gasteiger partial charge in [0.2, 0.25) is 5.91 Å². The van der Waals surface area contributed by atoms with Gasteiger partial charge in [0.05, 0.1) is 11.3 Å². The van der Waals surface area contributed by atoms with Crippen LogP contribution in [0.1, 0.15) is 27.9 Å². The Morgan fingerprint density at radius 1 is 1.19 bits per heavy atom. The van der Waals surface area contributed by atoms with E-state index in [-0.39, 0.29) is 5.91 Å². The van der Waals surface area contributed by atoms with Crippen molar-refractivity contribution < 1.29 is 9.59 Å². The average molecular weight is 283 g/mol. The lowest BCUT2D eigenvalue weighted by Gasteiger charge is -2.11. The van der Waals surface area contributed by atoms with Crippen LogP contribution >= 0.6 is 0 Å². The third-order valence-corrected chi connectivity index (χ3v) is 3.18. The zero-order valence-corrected chi connectivity index (χ0v) is 11.8. The standard InChI is InChI=1S/C16H17N3O2/c1-11-3-2-4-13(15(11)16(17)21)19-14(20)6-5-12-7-9-18-10-8-12/h2-4,7-10H,5-6H2,1H3,(H2,17,21)(H,19,20). The number of carbonyl (C=O) groups excluding carboxylic acids is 2. The molecule has 5 heteroatoms. The number of aryl methyl sites for hydroxylation is 2. The second kappa shape index (κ2) is 6.65. The number of primary amides is 1. The molecule has 1 aromatic heterocycles. The molecule has 3 N–H and O–H groups in total. The van der Waals surface area contributed by atoms with E-state index < -0.39 is 5.91 Å². The van der Waals surface area contributed by atoms with Crippen LogP contribution in [-0.4, -0.2) is 16.8 Å². The molecule has 2 amide bonds. The van der Waals surface area contributed by atoms with Crippen LogP contribution in [0.2, 0.25) is 0 Å². The summed E-state index contributed by atoms with van der Waals surface area (Å²) in [5.41, 5.74) is 7.96. The summed E-state index contributed by atoms with van der Waals surface area (Å²) in [7, 11) is 0. The molecule has 0 atom stereocenters. The van der Waals surface area contributed by atoms with Gasteiger partial charge in [0.25, 0.3) is 5.91 Å². The van der Waals surface area contributed by atoms with E-state index >= 15 is 0 Å². The lowest BCUT2D eigenvalue weighted by molar-refractivity contribution is -0.116. The number of anilines is 1. The van der Waals surface area contributed by atoms with Gasteiger partial charge in [0, 0.05) is 18.8 Å². The minimum absolute atomic E-state index is 0.153. The van der Waals surface area contributed by atoms with E-state index in [0.717, 1.165) is 11.1 Å². The number of amides is 2. The van der Waals surface area contributed by atoms with Crippen LogP contribution < -0.4 is 11.1 Å². The molecule has 0 saturated heterocycles. The van der Waals surface area contributed by atoms with Gasteiger partial charge in [0.15, 0.2) is 0 Å². The number of pyridine rings is 1. The van der Waals surface area contributed by atoms with Crippen molar-refractivity contribution in [1.29, 1.82) is 0 Å². The zero-order chi connectivity index (χ0) is 15.2. The maximum Gasteiger partial charge on any atom is 0.251 e. The van der Waals surface area contributed by atoms with Gasteiger partial charge in [-0.3, -0.25) is 14.6 Å². The van der Waals surface area contributed by atoms with Crippen molar-refractivity contribution in [1.82, 2.24) is 4.98 Å². The minimum Gasteiger partial charge on any atom is -0.366 e. The van der Waals surface area contributed by atoms with Crippen LogP contribution in [0.3, 0.4) is 0 Å². The van der Waals surface area contributed by atoms with E-state index in [2.05, 4.69) is 10.3 Å². The number of aromatic nitrogens is 1. The molecule has 5 nitrogen and oxygen atoms in total. The number of carbonyl (C=O) groups is 2. The summed E-state index contributed by atoms with van der Waals surface area (Å²) in [6.45, 7) is 1.78. The third kappa shape index (κ3) is 3.89. The Kier molecular flexibility index (Phi) is 4.66. The smallest absolute Gasteiger partial charge is 0.251 e. The Morgan fingerprint density at radius 3 is 2.57 bits per heavy atom. The Bertz CT molecular complexity index is 654. The molecule has 0 radical (unpaired) electrons. The minimum atomic E-state index is -0.544. The molecule has 0 saturated carbocycles. The molecule has 0 spiro atoms. The molecule has 2 rings (SSSR count). The molecule has 1 heterocycles. The summed E-state index contributed by atoms with van der Waals surface area (Å²) in [5, 5.41) is 2.75. The number of nitrogens with zero attached hydrogens (tertiary/aromatic N) is 1. The van der Waals surface area contributed by atoms with Crippen LogP contribution in [-0.2, 0) is 11.2 Å². The van der Waals surface area contributed by atoms with Crippen molar-refractivity contribution in [2.75, 3.05) is 5.32 Å². The van der Waals surface area contributed by atoms with E-state index in [0.29, 0.717) is 24.1 Å². The first-order valence-corrected chi connectivity index (χ1v) is 6.66. The van der Waals surface area contributed by atoms with Gasteiger partial charge in [-0.15, -0.1) is 0 Å². The topological polar surface area (TPSA) is 85.1 Å². The van der Waals surface area contributed by atoms with Gasteiger partial charge in [0.1, 0.15) is 0 Å². The van der Waals surface area contributed by atoms with Crippen molar-refractivity contribution in [3.05, 3.63) is 59.4 Å². The molecule has 0 aliphatic heterocycles. The predicted molar refractivity (Wildman–Crippen MR) is 80.9 cm³/mol. The van der Waals surface area contributed by atoms with Crippen molar-refractivity contribution in [2.24, 2.45) is 5.73 Å². The molecule has 0 bridgehead atoms. The van der Waals surface area contributed by atoms with E-state index in [1.165, 1.54) is 0 Å². The van der Waals surface area contributed by atoms with Crippen LogP contribution in [0.4, 0.5) is 5.69 Å². The fraction of sp³-hybridized carbons (Fsp3) is 0.188. The van der Waals surface area contributed by atoms with Crippen LogP contribution in [0.15, 0.2) is 42.7 Å². The first-order chi connectivity index (χ1) is 10.1. The summed E-state index contributed by atoms with van der Waals surface area (Å²) in [6.07, 6.45) is 4.33. The van der Waals surface area contributed by atoms with E-state index in [1.54, 1.807) is 37.5 Å². The number of nitrogens with two attached hydrogens (primary N) is 1. The molecule has 1 aromatic carbocycles. The van der Waals surface area contributed by atoms with Gasteiger partial charge in [-0.05, 0) is 42.7 Å². The first kappa shape index (κ1) is 14.7. The predicted octanol–water partition coefficient (Wildman–Crippen LogP) is 2.06. The molecule has 2 aromatic rings. The Morgan fingerprint density at radius 2 is 1.90 bits per heavy atom. The number of hydrogen-bond acceptors (Lipinski definition) is 3. The molecule has 0 aliphatic carbocycles. The number of rotatable bonds is 5. The third-order valence-electron chi connectivity index (χ3n) is 3.18. The van der Waals surface area contributed by atoms with Gasteiger partial charge in [-0.2, -0.15) is 0 Å². The van der Waals surface area contributed by atoms with Crippen LogP contribution in [0, 0.1) is 6.92 Å². The maximum absolute atomic E-state index is 12.0. The normalized spacial score (nSPS) is 10.1. The molecule has 0 aliphatic rings. The highest BCUT2D eigenvalue weighted by atomic mass is 16.2. The van der Waals surface area contributed by atoms with E-state index in [1.807, 2.05) is 12.1 Å². The van der Waals surface area contributed by atoms with Crippen molar-refractivity contribution in [2.45, 2.75) is 19.8 Å². The molecule has 0 fully saturated rings. The zero-order valence-electron chi connectivity index (χ0n) is 11.8. The Hall–Kier alpha value is -2.69. The highest BCUT2D eigenvalue weighted by Crippen LogP contribution is 2.19. The SMILES string of the molecule is Cc1cccc(NC(=O)CCc2ccncc2)c1C(N)=O. The fourth-order valence-electron chi connectivity index (χ4n) is 2.12. The van der Waals surface area contributed by atoms with Gasteiger partial charge in [-0.25, -0.2) is 0 Å². The highest BCUT2D eigenvalue weighted by Gasteiger charge is 2.13. The molecular formula is C16H17N3O2. The summed E-state index contributed by atoms with van der Waals surface area (Å²) in [4.78, 5) is 27.4. The van der Waals surface area contributed by atoms with Crippen molar-refractivity contribution in [3.8, 4) is 0 Å². The van der Waals surface area contributed by atoms with Crippen LogP contribution in [0.25, 0.3) is 0 Å². The highest BCUT2D eigenvalue weighted by molar-refractivity contribution is 6.04. The summed E-state index contributed by atoms with van der Waals surface area (Å²) >= 11 is 0. The first-order valence-electron chi connectivity index (χ1n) is 6.66. The summed E-state index contributed by atoms with van der Waals surface area (Å²) < 4.78 is 0.